The van der Waals surface area contributed by atoms with Gasteiger partial charge < -0.3 is 35.4 Å². The Balaban J connectivity index is 2.24. The summed E-state index contributed by atoms with van der Waals surface area (Å²) in [5.74, 6) is -4.90. The predicted octanol–water partition coefficient (Wildman–Crippen LogP) is -1.40. The number of hydrogen-bond donors (Lipinski definition) is 7. The highest BCUT2D eigenvalue weighted by molar-refractivity contribution is 7.86. The van der Waals surface area contributed by atoms with Crippen molar-refractivity contribution in [1.29, 1.82) is 0 Å². The maximum Gasteiger partial charge on any atom is 0.335 e. The van der Waals surface area contributed by atoms with Gasteiger partial charge in [-0.3, -0.25) is 4.55 Å². The molecule has 0 aromatic heterocycles. The number of aliphatic carboxylic acids is 1. The van der Waals surface area contributed by atoms with Crippen LogP contribution in [0, 0.1) is 0 Å². The molecule has 1 saturated carbocycles. The molecule has 0 bridgehead atoms. The van der Waals surface area contributed by atoms with Crippen molar-refractivity contribution in [2.45, 2.75) is 41.7 Å². The van der Waals surface area contributed by atoms with Crippen LogP contribution in [0.5, 0.6) is 11.5 Å². The molecule has 0 spiro atoms. The summed E-state index contributed by atoms with van der Waals surface area (Å²) >= 11 is 0. The second-order valence-corrected chi connectivity index (χ2v) is 7.80. The number of esters is 1. The Bertz CT molecular complexity index is 953. The van der Waals surface area contributed by atoms with Crippen molar-refractivity contribution in [2.75, 3.05) is 0 Å². The zero-order valence-electron chi connectivity index (χ0n) is 14.5. The number of hydrogen-bond acceptors (Lipinski definition) is 10. The van der Waals surface area contributed by atoms with Crippen LogP contribution in [0.3, 0.4) is 0 Å². The van der Waals surface area contributed by atoms with E-state index >= 15 is 0 Å². The fourth-order valence-electron chi connectivity index (χ4n) is 2.86. The van der Waals surface area contributed by atoms with E-state index in [9.17, 15) is 48.1 Å². The fraction of sp³-hybridized carbons (Fsp3) is 0.375. The molecule has 1 aliphatic carbocycles. The van der Waals surface area contributed by atoms with Crippen LogP contribution in [0.1, 0.15) is 18.4 Å². The standard InChI is InChI=1S/C16H18O12S/c17-8-3-1-7(14(13(8)21)29(25,26)27)2-4-11(19)28-10-6-16(24,15(22)23)5-9(18)12(10)20/h1-4,9-10,12,17-18,20-21,24H,5-6H2,(H,22,23)(H,25,26,27)/b4-2+/t9-,10-,12-,16+/m0/s1. The Labute approximate surface area is 163 Å². The number of carboxylic acid groups (broad SMARTS) is 1. The molecule has 4 atom stereocenters. The minimum Gasteiger partial charge on any atom is -0.504 e. The molecular weight excluding hydrogens is 416 g/mol. The minimum atomic E-state index is -4.99. The maximum atomic E-state index is 12.0. The topological polar surface area (TPSA) is 219 Å². The summed E-state index contributed by atoms with van der Waals surface area (Å²) in [5.41, 5.74) is -2.83. The number of ether oxygens (including phenoxy) is 1. The summed E-state index contributed by atoms with van der Waals surface area (Å²) < 4.78 is 36.8. The molecule has 12 nitrogen and oxygen atoms in total. The monoisotopic (exact) mass is 434 g/mol. The van der Waals surface area contributed by atoms with Gasteiger partial charge in [-0.25, -0.2) is 9.59 Å². The van der Waals surface area contributed by atoms with Crippen LogP contribution in [0.25, 0.3) is 6.08 Å². The normalized spacial score (nSPS) is 27.7. The molecule has 29 heavy (non-hydrogen) atoms. The van der Waals surface area contributed by atoms with Crippen LogP contribution in [-0.2, 0) is 24.4 Å². The molecule has 0 radical (unpaired) electrons. The second-order valence-electron chi connectivity index (χ2n) is 6.44. The average Bonchev–Trinajstić information content (AvgIpc) is 2.59. The van der Waals surface area contributed by atoms with Crippen LogP contribution in [0.15, 0.2) is 23.1 Å². The molecule has 7 N–H and O–H groups in total. The minimum absolute atomic E-state index is 0.397. The van der Waals surface area contributed by atoms with Gasteiger partial charge in [0.25, 0.3) is 10.1 Å². The lowest BCUT2D eigenvalue weighted by atomic mass is 9.79. The van der Waals surface area contributed by atoms with Gasteiger partial charge in [-0.1, -0.05) is 0 Å². The van der Waals surface area contributed by atoms with E-state index in [4.69, 9.17) is 9.84 Å². The third-order valence-corrected chi connectivity index (χ3v) is 5.27. The quantitative estimate of drug-likeness (QED) is 0.123. The van der Waals surface area contributed by atoms with Gasteiger partial charge >= 0.3 is 11.9 Å². The third kappa shape index (κ3) is 4.83. The van der Waals surface area contributed by atoms with Crippen molar-refractivity contribution < 1.29 is 57.9 Å². The Morgan fingerprint density at radius 1 is 1.17 bits per heavy atom. The van der Waals surface area contributed by atoms with E-state index in [0.717, 1.165) is 18.2 Å². The molecule has 2 rings (SSSR count). The number of rotatable bonds is 5. The van der Waals surface area contributed by atoms with Crippen molar-refractivity contribution in [3.05, 3.63) is 23.8 Å². The van der Waals surface area contributed by atoms with Crippen molar-refractivity contribution >= 4 is 28.1 Å². The lowest BCUT2D eigenvalue weighted by Crippen LogP contribution is -2.57. The van der Waals surface area contributed by atoms with E-state index in [1.54, 1.807) is 0 Å². The van der Waals surface area contributed by atoms with Gasteiger partial charge in [0.1, 0.15) is 17.1 Å². The van der Waals surface area contributed by atoms with Gasteiger partial charge in [0.15, 0.2) is 17.1 Å². The number of aliphatic hydroxyl groups excluding tert-OH is 2. The second kappa shape index (κ2) is 7.96. The first-order valence-electron chi connectivity index (χ1n) is 7.99. The van der Waals surface area contributed by atoms with E-state index in [-0.39, 0.29) is 0 Å². The number of aromatic hydroxyl groups is 2. The first-order chi connectivity index (χ1) is 13.3. The lowest BCUT2D eigenvalue weighted by Gasteiger charge is -2.39. The highest BCUT2D eigenvalue weighted by Crippen LogP contribution is 2.35. The molecule has 0 aliphatic heterocycles. The number of phenols is 2. The zero-order chi connectivity index (χ0) is 22.1. The number of carboxylic acids is 1. The van der Waals surface area contributed by atoms with Crippen LogP contribution < -0.4 is 0 Å². The smallest absolute Gasteiger partial charge is 0.335 e. The molecular formula is C16H18O12S. The van der Waals surface area contributed by atoms with Crippen molar-refractivity contribution in [3.8, 4) is 11.5 Å². The summed E-state index contributed by atoms with van der Waals surface area (Å²) in [6.45, 7) is 0. The van der Waals surface area contributed by atoms with Gasteiger partial charge in [0.05, 0.1) is 6.10 Å². The molecule has 1 fully saturated rings. The van der Waals surface area contributed by atoms with Crippen molar-refractivity contribution in [2.24, 2.45) is 0 Å². The molecule has 13 heteroatoms. The highest BCUT2D eigenvalue weighted by Gasteiger charge is 2.50. The number of phenolic OH excluding ortho intramolecular Hbond substituents is 2. The maximum absolute atomic E-state index is 12.0. The van der Waals surface area contributed by atoms with Gasteiger partial charge in [-0.2, -0.15) is 8.42 Å². The molecule has 1 aliphatic rings. The van der Waals surface area contributed by atoms with E-state index in [0.29, 0.717) is 6.08 Å². The highest BCUT2D eigenvalue weighted by atomic mass is 32.2. The molecule has 1 aromatic rings. The SMILES string of the molecule is O=C(/C=C/c1ccc(O)c(O)c1S(=O)(=O)O)O[C@H]1C[C@@](O)(C(=O)O)C[C@H](O)[C@@H]1O. The lowest BCUT2D eigenvalue weighted by molar-refractivity contribution is -0.196. The number of carbonyl (C=O) groups excluding carboxylic acids is 1. The Kier molecular flexibility index (Phi) is 6.20. The average molecular weight is 434 g/mol. The van der Waals surface area contributed by atoms with Crippen LogP contribution in [-0.4, -0.2) is 79.5 Å². The molecule has 160 valence electrons. The summed E-state index contributed by atoms with van der Waals surface area (Å²) in [7, 11) is -4.99. The first-order valence-corrected chi connectivity index (χ1v) is 9.43. The first kappa shape index (κ1) is 22.6. The number of aliphatic hydroxyl groups is 3. The predicted molar refractivity (Wildman–Crippen MR) is 92.3 cm³/mol. The van der Waals surface area contributed by atoms with Crippen molar-refractivity contribution in [3.63, 3.8) is 0 Å². The number of benzene rings is 1. The third-order valence-electron chi connectivity index (χ3n) is 4.32. The van der Waals surface area contributed by atoms with Crippen molar-refractivity contribution in [1.82, 2.24) is 0 Å². The zero-order valence-corrected chi connectivity index (χ0v) is 15.4. The summed E-state index contributed by atoms with van der Waals surface area (Å²) in [4.78, 5) is 22.0. The van der Waals surface area contributed by atoms with E-state index in [1.807, 2.05) is 0 Å². The van der Waals surface area contributed by atoms with Crippen LogP contribution >= 0.6 is 0 Å². The molecule has 0 unspecified atom stereocenters. The largest absolute Gasteiger partial charge is 0.504 e. The van der Waals surface area contributed by atoms with E-state index < -0.39 is 80.8 Å². The van der Waals surface area contributed by atoms with E-state index in [1.165, 1.54) is 0 Å². The Morgan fingerprint density at radius 2 is 1.79 bits per heavy atom. The van der Waals surface area contributed by atoms with Crippen LogP contribution in [0.4, 0.5) is 0 Å². The van der Waals surface area contributed by atoms with Gasteiger partial charge in [0, 0.05) is 18.9 Å². The fourth-order valence-corrected chi connectivity index (χ4v) is 3.65. The van der Waals surface area contributed by atoms with Gasteiger partial charge in [0.2, 0.25) is 0 Å². The molecule has 0 saturated heterocycles. The summed E-state index contributed by atoms with van der Waals surface area (Å²) in [5, 5.41) is 57.6. The van der Waals surface area contributed by atoms with Crippen LogP contribution in [0.2, 0.25) is 0 Å². The summed E-state index contributed by atoms with van der Waals surface area (Å²) in [6.07, 6.45) is -4.92. The van der Waals surface area contributed by atoms with Gasteiger partial charge in [-0.15, -0.1) is 0 Å². The molecule has 1 aromatic carbocycles. The summed E-state index contributed by atoms with van der Waals surface area (Å²) in [6, 6.07) is 1.85. The molecule has 0 amide bonds. The Morgan fingerprint density at radius 3 is 2.34 bits per heavy atom. The molecule has 0 heterocycles. The van der Waals surface area contributed by atoms with Gasteiger partial charge in [-0.05, 0) is 23.8 Å². The van der Waals surface area contributed by atoms with E-state index in [2.05, 4.69) is 0 Å². The Hall–Kier alpha value is -2.71. The number of carbonyl (C=O) groups is 2.